The number of thioether (sulfide) groups is 2. The number of anilines is 1. The third-order valence-corrected chi connectivity index (χ3v) is 7.77. The second-order valence-corrected chi connectivity index (χ2v) is 10.6. The van der Waals surface area contributed by atoms with Crippen LogP contribution in [0, 0.1) is 10.1 Å². The van der Waals surface area contributed by atoms with E-state index in [1.54, 1.807) is 36.0 Å². The van der Waals surface area contributed by atoms with E-state index in [1.165, 1.54) is 12.1 Å². The van der Waals surface area contributed by atoms with Gasteiger partial charge in [0.1, 0.15) is 6.54 Å². The van der Waals surface area contributed by atoms with Crippen LogP contribution >= 0.6 is 23.5 Å². The summed E-state index contributed by atoms with van der Waals surface area (Å²) >= 11 is 2.34. The summed E-state index contributed by atoms with van der Waals surface area (Å²) in [5, 5.41) is 14.1. The maximum absolute atomic E-state index is 13.1. The minimum atomic E-state index is -0.523. The molecule has 0 aliphatic carbocycles. The van der Waals surface area contributed by atoms with E-state index in [0.29, 0.717) is 12.2 Å². The summed E-state index contributed by atoms with van der Waals surface area (Å²) in [6.07, 6.45) is 5.48. The number of carbonyl (C=O) groups is 3. The van der Waals surface area contributed by atoms with Crippen molar-refractivity contribution in [2.45, 2.75) is 11.4 Å². The fourth-order valence-corrected chi connectivity index (χ4v) is 5.55. The first-order chi connectivity index (χ1) is 18.8. The number of imide groups is 1. The average molecular weight is 559 g/mol. The van der Waals surface area contributed by atoms with E-state index in [-0.39, 0.29) is 17.1 Å². The fraction of sp³-hybridized carbons (Fsp3) is 0.107. The van der Waals surface area contributed by atoms with Gasteiger partial charge in [0.15, 0.2) is 0 Å². The highest BCUT2D eigenvalue weighted by atomic mass is 32.2. The molecule has 5 rings (SSSR count). The number of amides is 3. The Labute approximate surface area is 232 Å². The van der Waals surface area contributed by atoms with Gasteiger partial charge in [-0.3, -0.25) is 29.4 Å². The molecule has 1 aliphatic rings. The van der Waals surface area contributed by atoms with Gasteiger partial charge in [0.05, 0.1) is 9.83 Å². The summed E-state index contributed by atoms with van der Waals surface area (Å²) in [6.45, 7) is 0.0825. The van der Waals surface area contributed by atoms with E-state index in [4.69, 9.17) is 0 Å². The number of hydrogen-bond donors (Lipinski definition) is 1. The van der Waals surface area contributed by atoms with Gasteiger partial charge < -0.3 is 9.88 Å². The Morgan fingerprint density at radius 2 is 1.85 bits per heavy atom. The van der Waals surface area contributed by atoms with Crippen LogP contribution in [0.15, 0.2) is 88.8 Å². The van der Waals surface area contributed by atoms with Crippen LogP contribution in [0.25, 0.3) is 17.0 Å². The monoisotopic (exact) mass is 558 g/mol. The molecule has 1 aliphatic heterocycles. The van der Waals surface area contributed by atoms with Gasteiger partial charge in [0, 0.05) is 51.9 Å². The van der Waals surface area contributed by atoms with Gasteiger partial charge in [0.25, 0.3) is 16.8 Å². The molecule has 2 heterocycles. The number of nitrogens with zero attached hydrogens (tertiary/aromatic N) is 3. The van der Waals surface area contributed by atoms with Gasteiger partial charge in [-0.15, -0.1) is 11.8 Å². The summed E-state index contributed by atoms with van der Waals surface area (Å²) in [5.41, 5.74) is 3.15. The first kappa shape index (κ1) is 26.3. The van der Waals surface area contributed by atoms with E-state index in [9.17, 15) is 24.5 Å². The number of nitro groups is 1. The lowest BCUT2D eigenvalue weighted by molar-refractivity contribution is -0.384. The van der Waals surface area contributed by atoms with Gasteiger partial charge >= 0.3 is 0 Å². The van der Waals surface area contributed by atoms with Crippen molar-refractivity contribution in [2.24, 2.45) is 0 Å². The highest BCUT2D eigenvalue weighted by Gasteiger charge is 2.36. The summed E-state index contributed by atoms with van der Waals surface area (Å²) in [5.74, 6) is -0.985. The van der Waals surface area contributed by atoms with Crippen LogP contribution in [0.4, 0.5) is 16.2 Å². The maximum Gasteiger partial charge on any atom is 0.294 e. The second kappa shape index (κ2) is 11.2. The predicted octanol–water partition coefficient (Wildman–Crippen LogP) is 5.99. The molecule has 4 aromatic rings. The Balaban J connectivity index is 1.35. The lowest BCUT2D eigenvalue weighted by Gasteiger charge is -2.12. The summed E-state index contributed by atoms with van der Waals surface area (Å²) < 4.78 is 1.99. The van der Waals surface area contributed by atoms with Crippen molar-refractivity contribution in [1.29, 1.82) is 0 Å². The second-order valence-electron chi connectivity index (χ2n) is 8.70. The van der Waals surface area contributed by atoms with Crippen molar-refractivity contribution >= 4 is 68.9 Å². The van der Waals surface area contributed by atoms with Crippen molar-refractivity contribution in [3.8, 4) is 0 Å². The molecule has 1 fully saturated rings. The normalized spacial score (nSPS) is 14.4. The molecule has 196 valence electrons. The number of nitrogens with one attached hydrogen (secondary N) is 1. The molecule has 3 amide bonds. The Kier molecular flexibility index (Phi) is 7.53. The Morgan fingerprint density at radius 3 is 2.59 bits per heavy atom. The highest BCUT2D eigenvalue weighted by molar-refractivity contribution is 8.18. The molecule has 39 heavy (non-hydrogen) atoms. The van der Waals surface area contributed by atoms with Crippen LogP contribution in [0.3, 0.4) is 0 Å². The summed E-state index contributed by atoms with van der Waals surface area (Å²) in [4.78, 5) is 51.0. The SMILES string of the molecule is CSc1cccc(NC(=O)CN2C(=O)S/C(=C\c3cn(Cc4ccc([N+](=O)[O-])cc4)c4ccccc34)C2=O)c1. The van der Waals surface area contributed by atoms with Crippen molar-refractivity contribution in [2.75, 3.05) is 18.1 Å². The Hall–Kier alpha value is -4.35. The van der Waals surface area contributed by atoms with Crippen LogP contribution in [0.5, 0.6) is 0 Å². The van der Waals surface area contributed by atoms with E-state index in [0.717, 1.165) is 43.6 Å². The quantitative estimate of drug-likeness (QED) is 0.122. The molecule has 0 radical (unpaired) electrons. The zero-order chi connectivity index (χ0) is 27.5. The van der Waals surface area contributed by atoms with Crippen molar-refractivity contribution in [3.05, 3.63) is 105 Å². The number of benzene rings is 3. The van der Waals surface area contributed by atoms with Gasteiger partial charge in [0.2, 0.25) is 5.91 Å². The first-order valence-electron chi connectivity index (χ1n) is 11.8. The molecule has 1 aromatic heterocycles. The third-order valence-electron chi connectivity index (χ3n) is 6.13. The van der Waals surface area contributed by atoms with E-state index in [2.05, 4.69) is 5.32 Å². The molecule has 1 saturated heterocycles. The van der Waals surface area contributed by atoms with Crippen LogP contribution in [0.1, 0.15) is 11.1 Å². The number of carbonyl (C=O) groups excluding carboxylic acids is 3. The molecule has 0 atom stereocenters. The predicted molar refractivity (Wildman–Crippen MR) is 154 cm³/mol. The number of hydrogen-bond acceptors (Lipinski definition) is 7. The Morgan fingerprint density at radius 1 is 1.08 bits per heavy atom. The average Bonchev–Trinajstić information content (AvgIpc) is 3.40. The Bertz CT molecular complexity index is 1650. The lowest BCUT2D eigenvalue weighted by Crippen LogP contribution is -2.36. The maximum atomic E-state index is 13.1. The molecule has 9 nitrogen and oxygen atoms in total. The van der Waals surface area contributed by atoms with Crippen molar-refractivity contribution < 1.29 is 19.3 Å². The van der Waals surface area contributed by atoms with Crippen LogP contribution in [-0.4, -0.2) is 44.2 Å². The topological polar surface area (TPSA) is 115 Å². The molecular weight excluding hydrogens is 536 g/mol. The molecule has 11 heteroatoms. The number of aromatic nitrogens is 1. The smallest absolute Gasteiger partial charge is 0.294 e. The number of nitro benzene ring substituents is 1. The van der Waals surface area contributed by atoms with Gasteiger partial charge in [-0.05, 0) is 53.9 Å². The molecule has 0 unspecified atom stereocenters. The van der Waals surface area contributed by atoms with Crippen molar-refractivity contribution in [1.82, 2.24) is 9.47 Å². The molecule has 3 aromatic carbocycles. The van der Waals surface area contributed by atoms with Crippen LogP contribution in [0.2, 0.25) is 0 Å². The van der Waals surface area contributed by atoms with Crippen LogP contribution in [-0.2, 0) is 16.1 Å². The molecule has 0 bridgehead atoms. The zero-order valence-corrected chi connectivity index (χ0v) is 22.3. The van der Waals surface area contributed by atoms with Crippen LogP contribution < -0.4 is 5.32 Å². The van der Waals surface area contributed by atoms with Crippen molar-refractivity contribution in [3.63, 3.8) is 0 Å². The molecular formula is C28H22N4O5S2. The molecule has 1 N–H and O–H groups in total. The number of para-hydroxylation sites is 1. The minimum Gasteiger partial charge on any atom is -0.342 e. The standard InChI is InChI=1S/C28H22N4O5S2/c1-38-22-6-4-5-20(14-22)29-26(33)17-31-27(34)25(39-28(31)35)13-19-16-30(24-8-3-2-7-23(19)24)15-18-9-11-21(12-10-18)32(36)37/h2-14,16H,15,17H2,1H3,(H,29,33)/b25-13-. The van der Waals surface area contributed by atoms with E-state index < -0.39 is 22.0 Å². The first-order valence-corrected chi connectivity index (χ1v) is 13.9. The van der Waals surface area contributed by atoms with Gasteiger partial charge in [-0.2, -0.15) is 0 Å². The van der Waals surface area contributed by atoms with E-state index >= 15 is 0 Å². The number of non-ortho nitro benzene ring substituents is 1. The zero-order valence-electron chi connectivity index (χ0n) is 20.7. The molecule has 0 spiro atoms. The third kappa shape index (κ3) is 5.74. The number of fused-ring (bicyclic) bond motifs is 1. The van der Waals surface area contributed by atoms with Gasteiger partial charge in [-0.1, -0.05) is 36.4 Å². The lowest BCUT2D eigenvalue weighted by atomic mass is 10.1. The summed E-state index contributed by atoms with van der Waals surface area (Å²) in [6, 6.07) is 21.3. The molecule has 0 saturated carbocycles. The van der Waals surface area contributed by atoms with Gasteiger partial charge in [-0.25, -0.2) is 0 Å². The number of rotatable bonds is 8. The largest absolute Gasteiger partial charge is 0.342 e. The highest BCUT2D eigenvalue weighted by Crippen LogP contribution is 2.34. The van der Waals surface area contributed by atoms with E-state index in [1.807, 2.05) is 59.5 Å². The summed E-state index contributed by atoms with van der Waals surface area (Å²) in [7, 11) is 0. The fourth-order valence-electron chi connectivity index (χ4n) is 4.26. The minimum absolute atomic E-state index is 0.0229.